The summed E-state index contributed by atoms with van der Waals surface area (Å²) in [6.07, 6.45) is 0. The van der Waals surface area contributed by atoms with Crippen molar-refractivity contribution >= 4 is 17.6 Å². The van der Waals surface area contributed by atoms with Gasteiger partial charge in [0, 0.05) is 10.6 Å². The molecule has 0 saturated heterocycles. The van der Waals surface area contributed by atoms with E-state index in [0.717, 1.165) is 33.4 Å². The Balaban J connectivity index is 0.00000289. The number of ether oxygens (including phenoxy) is 1. The van der Waals surface area contributed by atoms with Crippen LogP contribution in [0.1, 0.15) is 21.5 Å². The van der Waals surface area contributed by atoms with Gasteiger partial charge in [0.1, 0.15) is 12.4 Å². The van der Waals surface area contributed by atoms with E-state index < -0.39 is 5.97 Å². The van der Waals surface area contributed by atoms with Gasteiger partial charge in [0.15, 0.2) is 0 Å². The number of rotatable bonds is 6. The van der Waals surface area contributed by atoms with Crippen LogP contribution in [-0.4, -0.2) is 5.97 Å². The van der Waals surface area contributed by atoms with Crippen LogP contribution >= 0.6 is 11.6 Å². The third-order valence-corrected chi connectivity index (χ3v) is 5.29. The van der Waals surface area contributed by atoms with Gasteiger partial charge in [-0.3, -0.25) is 0 Å². The molecule has 5 heteroatoms. The first kappa shape index (κ1) is 24.1. The second-order valence-corrected chi connectivity index (χ2v) is 7.77. The van der Waals surface area contributed by atoms with Crippen molar-refractivity contribution in [3.8, 4) is 28.0 Å². The Morgan fingerprint density at radius 1 is 0.844 bits per heavy atom. The Labute approximate surface area is 214 Å². The number of aryl methyl sites for hydroxylation is 1. The number of hydrogen-bond donors (Lipinski definition) is 0. The van der Waals surface area contributed by atoms with E-state index >= 15 is 0 Å². The van der Waals surface area contributed by atoms with Crippen LogP contribution in [0.25, 0.3) is 22.3 Å². The molecule has 154 valence electrons. The molecular formula is C27H20ClNaO3. The largest absolute Gasteiger partial charge is 1.00 e. The normalized spacial score (nSPS) is 10.3. The average Bonchev–Trinajstić information content (AvgIpc) is 2.79. The second-order valence-electron chi connectivity index (χ2n) is 7.33. The molecule has 0 atom stereocenters. The van der Waals surface area contributed by atoms with Crippen LogP contribution < -0.4 is 39.4 Å². The number of halogens is 1. The Kier molecular flexibility index (Phi) is 8.16. The molecule has 4 rings (SSSR count). The van der Waals surface area contributed by atoms with Crippen molar-refractivity contribution in [1.82, 2.24) is 0 Å². The van der Waals surface area contributed by atoms with Crippen molar-refractivity contribution in [2.75, 3.05) is 0 Å². The van der Waals surface area contributed by atoms with Gasteiger partial charge in [-0.05, 0) is 59.0 Å². The molecule has 4 aromatic rings. The predicted octanol–water partition coefficient (Wildman–Crippen LogP) is 2.93. The molecule has 0 aromatic heterocycles. The van der Waals surface area contributed by atoms with Crippen LogP contribution in [0.2, 0.25) is 5.02 Å². The van der Waals surface area contributed by atoms with Crippen molar-refractivity contribution in [3.05, 3.63) is 113 Å². The Morgan fingerprint density at radius 2 is 1.62 bits per heavy atom. The number of carbonyl (C=O) groups excluding carboxylic acids is 1. The molecule has 0 heterocycles. The molecule has 0 spiro atoms. The molecule has 0 amide bonds. The van der Waals surface area contributed by atoms with E-state index in [1.165, 1.54) is 6.07 Å². The van der Waals surface area contributed by atoms with Crippen LogP contribution in [0.15, 0.2) is 91.0 Å². The van der Waals surface area contributed by atoms with Crippen LogP contribution in [0.5, 0.6) is 5.75 Å². The fourth-order valence-corrected chi connectivity index (χ4v) is 3.69. The number of carboxylic acids is 1. The van der Waals surface area contributed by atoms with Gasteiger partial charge in [-0.2, -0.15) is 0 Å². The zero-order valence-corrected chi connectivity index (χ0v) is 20.7. The molecule has 32 heavy (non-hydrogen) atoms. The summed E-state index contributed by atoms with van der Waals surface area (Å²) >= 11 is 6.34. The number of benzene rings is 4. The SMILES string of the molecule is Cc1ccc(-c2cc(Cl)ccc2OCc2ccccc2)c(-c2cccc(C(=O)[O-])c2)c1.[Na+]. The van der Waals surface area contributed by atoms with E-state index in [0.29, 0.717) is 17.4 Å². The van der Waals surface area contributed by atoms with Gasteiger partial charge >= 0.3 is 29.6 Å². The van der Waals surface area contributed by atoms with E-state index in [2.05, 4.69) is 0 Å². The summed E-state index contributed by atoms with van der Waals surface area (Å²) in [5.41, 5.74) is 5.70. The van der Waals surface area contributed by atoms with E-state index in [1.807, 2.05) is 73.7 Å². The summed E-state index contributed by atoms with van der Waals surface area (Å²) in [6.45, 7) is 2.43. The molecule has 0 aliphatic carbocycles. The zero-order valence-electron chi connectivity index (χ0n) is 18.0. The monoisotopic (exact) mass is 450 g/mol. The van der Waals surface area contributed by atoms with Gasteiger partial charge in [-0.25, -0.2) is 0 Å². The minimum atomic E-state index is -1.20. The van der Waals surface area contributed by atoms with E-state index in [9.17, 15) is 9.90 Å². The summed E-state index contributed by atoms with van der Waals surface area (Å²) in [4.78, 5) is 11.4. The van der Waals surface area contributed by atoms with Crippen molar-refractivity contribution < 1.29 is 44.2 Å². The third kappa shape index (κ3) is 5.62. The van der Waals surface area contributed by atoms with Crippen molar-refractivity contribution in [2.24, 2.45) is 0 Å². The standard InChI is InChI=1S/C27H21ClO3.Na/c1-18-10-12-23(24(14-18)20-8-5-9-21(15-20)27(29)30)25-16-22(28)11-13-26(25)31-17-19-6-3-2-4-7-19;/h2-16H,17H2,1H3,(H,29,30);/q;+1/p-1. The third-order valence-electron chi connectivity index (χ3n) is 5.05. The first-order valence-electron chi connectivity index (χ1n) is 9.90. The minimum Gasteiger partial charge on any atom is -0.545 e. The molecule has 0 N–H and O–H groups in total. The molecular weight excluding hydrogens is 431 g/mol. The van der Waals surface area contributed by atoms with Gasteiger partial charge in [0.25, 0.3) is 0 Å². The number of hydrogen-bond acceptors (Lipinski definition) is 3. The Bertz CT molecular complexity index is 1240. The van der Waals surface area contributed by atoms with E-state index in [1.54, 1.807) is 18.2 Å². The molecule has 0 saturated carbocycles. The quantitative estimate of drug-likeness (QED) is 0.424. The molecule has 0 radical (unpaired) electrons. The summed E-state index contributed by atoms with van der Waals surface area (Å²) in [7, 11) is 0. The number of carbonyl (C=O) groups is 1. The van der Waals surface area contributed by atoms with Crippen molar-refractivity contribution in [1.29, 1.82) is 0 Å². The first-order valence-corrected chi connectivity index (χ1v) is 10.3. The van der Waals surface area contributed by atoms with E-state index in [-0.39, 0.29) is 35.1 Å². The topological polar surface area (TPSA) is 49.4 Å². The average molecular weight is 451 g/mol. The molecule has 3 nitrogen and oxygen atoms in total. The summed E-state index contributed by atoms with van der Waals surface area (Å²) in [5, 5.41) is 12.0. The van der Waals surface area contributed by atoms with Crippen LogP contribution in [0, 0.1) is 6.92 Å². The fraction of sp³-hybridized carbons (Fsp3) is 0.0741. The van der Waals surface area contributed by atoms with Gasteiger partial charge in [0.2, 0.25) is 0 Å². The van der Waals surface area contributed by atoms with Gasteiger partial charge < -0.3 is 14.6 Å². The smallest absolute Gasteiger partial charge is 0.545 e. The molecule has 0 bridgehead atoms. The van der Waals surface area contributed by atoms with Gasteiger partial charge in [-0.1, -0.05) is 83.9 Å². The first-order chi connectivity index (χ1) is 15.0. The zero-order chi connectivity index (χ0) is 21.8. The molecule has 4 aromatic carbocycles. The minimum absolute atomic E-state index is 0. The van der Waals surface area contributed by atoms with E-state index in [4.69, 9.17) is 16.3 Å². The summed E-state index contributed by atoms with van der Waals surface area (Å²) in [5.74, 6) is -0.500. The van der Waals surface area contributed by atoms with Crippen LogP contribution in [0.3, 0.4) is 0 Å². The molecule has 0 unspecified atom stereocenters. The fourth-order valence-electron chi connectivity index (χ4n) is 3.52. The summed E-state index contributed by atoms with van der Waals surface area (Å²) in [6, 6.07) is 28.3. The maximum Gasteiger partial charge on any atom is 1.00 e. The maximum absolute atomic E-state index is 11.4. The van der Waals surface area contributed by atoms with Crippen molar-refractivity contribution in [2.45, 2.75) is 13.5 Å². The molecule has 0 aliphatic rings. The van der Waals surface area contributed by atoms with Gasteiger partial charge in [0.05, 0.1) is 5.97 Å². The van der Waals surface area contributed by atoms with Crippen LogP contribution in [-0.2, 0) is 6.61 Å². The number of aromatic carboxylic acids is 1. The maximum atomic E-state index is 11.4. The summed E-state index contributed by atoms with van der Waals surface area (Å²) < 4.78 is 6.15. The molecule has 0 fully saturated rings. The Hall–Kier alpha value is -2.56. The van der Waals surface area contributed by atoms with Crippen LogP contribution in [0.4, 0.5) is 0 Å². The predicted molar refractivity (Wildman–Crippen MR) is 122 cm³/mol. The molecule has 0 aliphatic heterocycles. The Morgan fingerprint density at radius 3 is 2.38 bits per heavy atom. The number of carboxylic acid groups (broad SMARTS) is 1. The van der Waals surface area contributed by atoms with Crippen molar-refractivity contribution in [3.63, 3.8) is 0 Å². The van der Waals surface area contributed by atoms with Gasteiger partial charge in [-0.15, -0.1) is 0 Å². The second kappa shape index (κ2) is 10.8.